The molecule has 3 nitrogen and oxygen atoms in total. The minimum atomic E-state index is -0.165. The average molecular weight is 234 g/mol. The third-order valence-electron chi connectivity index (χ3n) is 2.76. The predicted molar refractivity (Wildman–Crippen MR) is 72.3 cm³/mol. The molecule has 0 bridgehead atoms. The Bertz CT molecular complexity index is 393. The summed E-state index contributed by atoms with van der Waals surface area (Å²) in [5, 5.41) is 2.95. The predicted octanol–water partition coefficient (Wildman–Crippen LogP) is 3.65. The molecule has 0 atom stereocenters. The Balaban J connectivity index is 2.82. The molecule has 3 heteroatoms. The zero-order chi connectivity index (χ0) is 13.1. The van der Waals surface area contributed by atoms with Crippen LogP contribution in [0.25, 0.3) is 0 Å². The van der Waals surface area contributed by atoms with Crippen LogP contribution in [0.2, 0.25) is 0 Å². The lowest BCUT2D eigenvalue weighted by Gasteiger charge is -2.34. The number of aryl methyl sites for hydroxylation is 1. The van der Waals surface area contributed by atoms with Crippen LogP contribution in [0.5, 0.6) is 0 Å². The Morgan fingerprint density at radius 3 is 2.35 bits per heavy atom. The maximum absolute atomic E-state index is 12.2. The highest BCUT2D eigenvalue weighted by atomic mass is 16.2. The fourth-order valence-electron chi connectivity index (χ4n) is 1.82. The highest BCUT2D eigenvalue weighted by molar-refractivity contribution is 5.90. The van der Waals surface area contributed by atoms with E-state index in [0.717, 1.165) is 11.3 Å². The van der Waals surface area contributed by atoms with Gasteiger partial charge >= 0.3 is 6.03 Å². The quantitative estimate of drug-likeness (QED) is 0.832. The molecule has 0 saturated carbocycles. The van der Waals surface area contributed by atoms with Crippen molar-refractivity contribution in [2.24, 2.45) is 0 Å². The normalized spacial score (nSPS) is 11.1. The standard InChI is InChI=1S/C14H22N2O/c1-6-16(14(3,4)5)13(17)15-12-10-8-7-9-11(12)2/h7-10H,6H2,1-5H3,(H,15,17). The van der Waals surface area contributed by atoms with Gasteiger partial charge in [0.05, 0.1) is 0 Å². The molecule has 0 aliphatic carbocycles. The lowest BCUT2D eigenvalue weighted by molar-refractivity contribution is 0.162. The highest BCUT2D eigenvalue weighted by Gasteiger charge is 2.24. The van der Waals surface area contributed by atoms with Crippen molar-refractivity contribution in [2.45, 2.75) is 40.2 Å². The van der Waals surface area contributed by atoms with Gasteiger partial charge in [-0.3, -0.25) is 0 Å². The van der Waals surface area contributed by atoms with E-state index in [9.17, 15) is 4.79 Å². The zero-order valence-electron chi connectivity index (χ0n) is 11.4. The number of nitrogens with zero attached hydrogens (tertiary/aromatic N) is 1. The molecule has 1 aromatic carbocycles. The molecule has 0 aromatic heterocycles. The second-order valence-electron chi connectivity index (χ2n) is 5.16. The van der Waals surface area contributed by atoms with Gasteiger partial charge in [0.15, 0.2) is 0 Å². The number of anilines is 1. The topological polar surface area (TPSA) is 32.3 Å². The van der Waals surface area contributed by atoms with Gasteiger partial charge in [0.25, 0.3) is 0 Å². The Labute approximate surface area is 104 Å². The molecule has 94 valence electrons. The van der Waals surface area contributed by atoms with Crippen LogP contribution in [0.15, 0.2) is 24.3 Å². The number of benzene rings is 1. The van der Waals surface area contributed by atoms with Gasteiger partial charge in [0.1, 0.15) is 0 Å². The van der Waals surface area contributed by atoms with E-state index in [1.807, 2.05) is 63.8 Å². The van der Waals surface area contributed by atoms with Crippen molar-refractivity contribution in [3.8, 4) is 0 Å². The van der Waals surface area contributed by atoms with E-state index in [4.69, 9.17) is 0 Å². The lowest BCUT2D eigenvalue weighted by atomic mass is 10.1. The highest BCUT2D eigenvalue weighted by Crippen LogP contribution is 2.17. The van der Waals surface area contributed by atoms with Crippen molar-refractivity contribution in [1.29, 1.82) is 0 Å². The smallest absolute Gasteiger partial charge is 0.320 e. The Morgan fingerprint density at radius 1 is 1.29 bits per heavy atom. The molecule has 0 unspecified atom stereocenters. The molecule has 1 aromatic rings. The number of nitrogens with one attached hydrogen (secondary N) is 1. The van der Waals surface area contributed by atoms with Crippen LogP contribution in [0.3, 0.4) is 0 Å². The molecule has 1 rings (SSSR count). The van der Waals surface area contributed by atoms with Crippen molar-refractivity contribution < 1.29 is 4.79 Å². The van der Waals surface area contributed by atoms with E-state index in [1.54, 1.807) is 0 Å². The summed E-state index contributed by atoms with van der Waals surface area (Å²) < 4.78 is 0. The van der Waals surface area contributed by atoms with Crippen molar-refractivity contribution in [3.05, 3.63) is 29.8 Å². The first-order valence-electron chi connectivity index (χ1n) is 6.00. The molecule has 0 radical (unpaired) electrons. The number of rotatable bonds is 2. The van der Waals surface area contributed by atoms with Gasteiger partial charge in [-0.2, -0.15) is 0 Å². The number of carbonyl (C=O) groups excluding carboxylic acids is 1. The first-order valence-corrected chi connectivity index (χ1v) is 6.00. The summed E-state index contributed by atoms with van der Waals surface area (Å²) in [6.07, 6.45) is 0. The number of hydrogen-bond acceptors (Lipinski definition) is 1. The third-order valence-corrected chi connectivity index (χ3v) is 2.76. The second kappa shape index (κ2) is 5.21. The number of urea groups is 1. The average Bonchev–Trinajstić information content (AvgIpc) is 2.20. The van der Waals surface area contributed by atoms with Gasteiger partial charge < -0.3 is 10.2 Å². The monoisotopic (exact) mass is 234 g/mol. The summed E-state index contributed by atoms with van der Waals surface area (Å²) in [5.74, 6) is 0. The van der Waals surface area contributed by atoms with Crippen molar-refractivity contribution in [1.82, 2.24) is 4.90 Å². The minimum Gasteiger partial charge on any atom is -0.320 e. The summed E-state index contributed by atoms with van der Waals surface area (Å²) >= 11 is 0. The molecule has 0 aliphatic heterocycles. The van der Waals surface area contributed by atoms with Gasteiger partial charge in [0.2, 0.25) is 0 Å². The summed E-state index contributed by atoms with van der Waals surface area (Å²) in [5.41, 5.74) is 1.78. The first kappa shape index (κ1) is 13.6. The Hall–Kier alpha value is -1.51. The SMILES string of the molecule is CCN(C(=O)Nc1ccccc1C)C(C)(C)C. The van der Waals surface area contributed by atoms with Crippen LogP contribution in [0.1, 0.15) is 33.3 Å². The van der Waals surface area contributed by atoms with E-state index in [2.05, 4.69) is 5.32 Å². The molecule has 0 aliphatic rings. The minimum absolute atomic E-state index is 0.0469. The molecule has 0 heterocycles. The number of hydrogen-bond donors (Lipinski definition) is 1. The largest absolute Gasteiger partial charge is 0.322 e. The fourth-order valence-corrected chi connectivity index (χ4v) is 1.82. The number of para-hydroxylation sites is 1. The second-order valence-corrected chi connectivity index (χ2v) is 5.16. The van der Waals surface area contributed by atoms with E-state index in [-0.39, 0.29) is 11.6 Å². The van der Waals surface area contributed by atoms with Gasteiger partial charge in [-0.25, -0.2) is 4.79 Å². The maximum atomic E-state index is 12.2. The molecule has 0 fully saturated rings. The van der Waals surface area contributed by atoms with Crippen LogP contribution in [0.4, 0.5) is 10.5 Å². The van der Waals surface area contributed by atoms with Crippen LogP contribution < -0.4 is 5.32 Å². The zero-order valence-corrected chi connectivity index (χ0v) is 11.4. The van der Waals surface area contributed by atoms with E-state index < -0.39 is 0 Å². The molecule has 0 spiro atoms. The Morgan fingerprint density at radius 2 is 1.88 bits per heavy atom. The molecular formula is C14H22N2O. The van der Waals surface area contributed by atoms with E-state index in [1.165, 1.54) is 0 Å². The summed E-state index contributed by atoms with van der Waals surface area (Å²) in [4.78, 5) is 14.0. The first-order chi connectivity index (χ1) is 7.86. The molecule has 2 amide bonds. The maximum Gasteiger partial charge on any atom is 0.322 e. The van der Waals surface area contributed by atoms with Crippen LogP contribution in [-0.4, -0.2) is 23.0 Å². The van der Waals surface area contributed by atoms with Gasteiger partial charge in [-0.15, -0.1) is 0 Å². The number of carbonyl (C=O) groups is 1. The molecule has 17 heavy (non-hydrogen) atoms. The van der Waals surface area contributed by atoms with E-state index in [0.29, 0.717) is 6.54 Å². The molecular weight excluding hydrogens is 212 g/mol. The lowest BCUT2D eigenvalue weighted by Crippen LogP contribution is -2.47. The van der Waals surface area contributed by atoms with E-state index >= 15 is 0 Å². The number of amides is 2. The van der Waals surface area contributed by atoms with Crippen LogP contribution >= 0.6 is 0 Å². The van der Waals surface area contributed by atoms with Gasteiger partial charge in [-0.1, -0.05) is 18.2 Å². The third kappa shape index (κ3) is 3.48. The van der Waals surface area contributed by atoms with Crippen molar-refractivity contribution >= 4 is 11.7 Å². The van der Waals surface area contributed by atoms with Gasteiger partial charge in [-0.05, 0) is 46.2 Å². The van der Waals surface area contributed by atoms with Crippen LogP contribution in [0, 0.1) is 6.92 Å². The van der Waals surface area contributed by atoms with Crippen LogP contribution in [-0.2, 0) is 0 Å². The Kier molecular flexibility index (Phi) is 4.16. The fraction of sp³-hybridized carbons (Fsp3) is 0.500. The van der Waals surface area contributed by atoms with Crippen molar-refractivity contribution in [2.75, 3.05) is 11.9 Å². The summed E-state index contributed by atoms with van der Waals surface area (Å²) in [7, 11) is 0. The van der Waals surface area contributed by atoms with Gasteiger partial charge in [0, 0.05) is 17.8 Å². The summed E-state index contributed by atoms with van der Waals surface area (Å²) in [6, 6.07) is 7.75. The molecule has 0 saturated heterocycles. The summed E-state index contributed by atoms with van der Waals surface area (Å²) in [6.45, 7) is 10.8. The van der Waals surface area contributed by atoms with Crippen molar-refractivity contribution in [3.63, 3.8) is 0 Å². The molecule has 1 N–H and O–H groups in total.